The Labute approximate surface area is 113 Å². The lowest BCUT2D eigenvalue weighted by molar-refractivity contribution is 0.0777. The van der Waals surface area contributed by atoms with Gasteiger partial charge >= 0.3 is 0 Å². The van der Waals surface area contributed by atoms with Crippen LogP contribution in [-0.2, 0) is 0 Å². The number of hydrogen-bond acceptors (Lipinski definition) is 4. The van der Waals surface area contributed by atoms with Crippen molar-refractivity contribution in [3.05, 3.63) is 11.6 Å². The average Bonchev–Trinajstić information content (AvgIpc) is 3.12. The number of aromatic nitrogens is 3. The molecule has 0 bridgehead atoms. The second-order valence-corrected chi connectivity index (χ2v) is 5.74. The average molecular weight is 265 g/mol. The SMILES string of the molecule is CC(C)C(N)CCN(C)C(=O)c1n[nH]c(C2CC2)n1. The lowest BCUT2D eigenvalue weighted by atomic mass is 10.0. The number of carbonyl (C=O) groups is 1. The normalized spacial score (nSPS) is 16.7. The molecule has 6 heteroatoms. The van der Waals surface area contributed by atoms with Crippen molar-refractivity contribution in [1.29, 1.82) is 0 Å². The second-order valence-electron chi connectivity index (χ2n) is 5.74. The van der Waals surface area contributed by atoms with Gasteiger partial charge in [-0.05, 0) is 25.2 Å². The zero-order valence-electron chi connectivity index (χ0n) is 11.9. The highest BCUT2D eigenvalue weighted by Gasteiger charge is 2.28. The predicted octanol–water partition coefficient (Wildman–Crippen LogP) is 1.13. The minimum Gasteiger partial charge on any atom is -0.339 e. The lowest BCUT2D eigenvalue weighted by Crippen LogP contribution is -2.35. The third-order valence-corrected chi connectivity index (χ3v) is 3.66. The van der Waals surface area contributed by atoms with Gasteiger partial charge in [0.25, 0.3) is 5.91 Å². The van der Waals surface area contributed by atoms with Crippen LogP contribution in [0.4, 0.5) is 0 Å². The maximum Gasteiger partial charge on any atom is 0.293 e. The van der Waals surface area contributed by atoms with Crippen molar-refractivity contribution in [2.45, 2.75) is 45.1 Å². The number of H-pyrrole nitrogens is 1. The molecule has 1 heterocycles. The summed E-state index contributed by atoms with van der Waals surface area (Å²) in [5.74, 6) is 1.87. The Morgan fingerprint density at radius 3 is 2.79 bits per heavy atom. The van der Waals surface area contributed by atoms with Crippen LogP contribution in [0.1, 0.15) is 55.5 Å². The molecule has 6 nitrogen and oxygen atoms in total. The number of hydrogen-bond donors (Lipinski definition) is 2. The van der Waals surface area contributed by atoms with Crippen molar-refractivity contribution >= 4 is 5.91 Å². The van der Waals surface area contributed by atoms with Crippen molar-refractivity contribution in [3.63, 3.8) is 0 Å². The van der Waals surface area contributed by atoms with Gasteiger partial charge in [0.1, 0.15) is 5.82 Å². The van der Waals surface area contributed by atoms with Crippen molar-refractivity contribution < 1.29 is 4.79 Å². The van der Waals surface area contributed by atoms with E-state index in [0.29, 0.717) is 18.4 Å². The standard InChI is InChI=1S/C13H23N5O/c1-8(2)10(14)6-7-18(3)13(19)12-15-11(16-17-12)9-4-5-9/h8-10H,4-7,14H2,1-3H3,(H,15,16,17). The highest BCUT2D eigenvalue weighted by atomic mass is 16.2. The quantitative estimate of drug-likeness (QED) is 0.807. The molecule has 3 N–H and O–H groups in total. The maximum absolute atomic E-state index is 12.1. The number of nitrogens with one attached hydrogen (secondary N) is 1. The van der Waals surface area contributed by atoms with E-state index in [1.165, 1.54) is 0 Å². The fourth-order valence-corrected chi connectivity index (χ4v) is 1.86. The van der Waals surface area contributed by atoms with Crippen LogP contribution in [0, 0.1) is 5.92 Å². The van der Waals surface area contributed by atoms with Gasteiger partial charge in [0.15, 0.2) is 0 Å². The van der Waals surface area contributed by atoms with E-state index in [2.05, 4.69) is 29.0 Å². The molecule has 1 saturated carbocycles. The fourth-order valence-electron chi connectivity index (χ4n) is 1.86. The predicted molar refractivity (Wildman–Crippen MR) is 72.7 cm³/mol. The number of nitrogens with two attached hydrogens (primary N) is 1. The van der Waals surface area contributed by atoms with Gasteiger partial charge in [0.05, 0.1) is 0 Å². The summed E-state index contributed by atoms with van der Waals surface area (Å²) in [7, 11) is 1.77. The molecule has 1 fully saturated rings. The van der Waals surface area contributed by atoms with Crippen LogP contribution >= 0.6 is 0 Å². The number of rotatable bonds is 6. The zero-order chi connectivity index (χ0) is 14.0. The minimum absolute atomic E-state index is 0.115. The summed E-state index contributed by atoms with van der Waals surface area (Å²) in [5.41, 5.74) is 5.98. The number of carbonyl (C=O) groups excluding carboxylic acids is 1. The van der Waals surface area contributed by atoms with Crippen molar-refractivity contribution in [1.82, 2.24) is 20.1 Å². The molecule has 1 aromatic heterocycles. The highest BCUT2D eigenvalue weighted by molar-refractivity contribution is 5.90. The molecule has 0 saturated heterocycles. The Morgan fingerprint density at radius 2 is 2.21 bits per heavy atom. The molecule has 106 valence electrons. The summed E-state index contributed by atoms with van der Waals surface area (Å²) in [4.78, 5) is 18.0. The van der Waals surface area contributed by atoms with Crippen LogP contribution in [0.5, 0.6) is 0 Å². The molecule has 1 aromatic rings. The van der Waals surface area contributed by atoms with Crippen molar-refractivity contribution in [2.24, 2.45) is 11.7 Å². The molecular weight excluding hydrogens is 242 g/mol. The minimum atomic E-state index is -0.140. The van der Waals surface area contributed by atoms with Crippen LogP contribution < -0.4 is 5.73 Å². The molecule has 0 radical (unpaired) electrons. The molecule has 0 spiro atoms. The molecule has 1 atom stereocenters. The molecule has 1 amide bonds. The summed E-state index contributed by atoms with van der Waals surface area (Å²) in [6.07, 6.45) is 3.07. The summed E-state index contributed by atoms with van der Waals surface area (Å²) < 4.78 is 0. The van der Waals surface area contributed by atoms with Gasteiger partial charge in [-0.2, -0.15) is 0 Å². The topological polar surface area (TPSA) is 87.9 Å². The Bertz CT molecular complexity index is 438. The van der Waals surface area contributed by atoms with E-state index < -0.39 is 0 Å². The third-order valence-electron chi connectivity index (χ3n) is 3.66. The Morgan fingerprint density at radius 1 is 1.53 bits per heavy atom. The van der Waals surface area contributed by atoms with Gasteiger partial charge in [-0.1, -0.05) is 13.8 Å². The summed E-state index contributed by atoms with van der Waals surface area (Å²) in [5, 5.41) is 6.86. The van der Waals surface area contributed by atoms with Crippen LogP contribution in [0.15, 0.2) is 0 Å². The van der Waals surface area contributed by atoms with Crippen LogP contribution in [0.2, 0.25) is 0 Å². The molecule has 1 aliphatic carbocycles. The van der Waals surface area contributed by atoms with Crippen molar-refractivity contribution in [3.8, 4) is 0 Å². The zero-order valence-corrected chi connectivity index (χ0v) is 11.9. The Hall–Kier alpha value is -1.43. The molecule has 19 heavy (non-hydrogen) atoms. The van der Waals surface area contributed by atoms with Crippen LogP contribution in [0.25, 0.3) is 0 Å². The fraction of sp³-hybridized carbons (Fsp3) is 0.769. The van der Waals surface area contributed by atoms with Crippen molar-refractivity contribution in [2.75, 3.05) is 13.6 Å². The van der Waals surface area contributed by atoms with E-state index in [-0.39, 0.29) is 17.8 Å². The largest absolute Gasteiger partial charge is 0.339 e. The maximum atomic E-state index is 12.1. The van der Waals surface area contributed by atoms with E-state index >= 15 is 0 Å². The highest BCUT2D eigenvalue weighted by Crippen LogP contribution is 2.37. The molecular formula is C13H23N5O. The van der Waals surface area contributed by atoms with Gasteiger partial charge in [0.2, 0.25) is 5.82 Å². The van der Waals surface area contributed by atoms with Gasteiger partial charge in [-0.3, -0.25) is 9.89 Å². The molecule has 2 rings (SSSR count). The van der Waals surface area contributed by atoms with E-state index in [9.17, 15) is 4.79 Å². The first-order valence-corrected chi connectivity index (χ1v) is 6.92. The van der Waals surface area contributed by atoms with E-state index in [4.69, 9.17) is 5.73 Å². The molecule has 1 unspecified atom stereocenters. The first-order valence-electron chi connectivity index (χ1n) is 6.92. The number of aromatic amines is 1. The van der Waals surface area contributed by atoms with Crippen LogP contribution in [0.3, 0.4) is 0 Å². The van der Waals surface area contributed by atoms with Crippen LogP contribution in [-0.4, -0.2) is 45.6 Å². The number of nitrogens with zero attached hydrogens (tertiary/aromatic N) is 3. The number of amides is 1. The van der Waals surface area contributed by atoms with Gasteiger partial charge in [-0.15, -0.1) is 5.10 Å². The second kappa shape index (κ2) is 5.69. The Kier molecular flexibility index (Phi) is 4.19. The monoisotopic (exact) mass is 265 g/mol. The van der Waals surface area contributed by atoms with E-state index in [1.807, 2.05) is 0 Å². The molecule has 1 aliphatic rings. The molecule has 0 aliphatic heterocycles. The smallest absolute Gasteiger partial charge is 0.293 e. The van der Waals surface area contributed by atoms with Gasteiger partial charge in [0, 0.05) is 25.6 Å². The first-order chi connectivity index (χ1) is 8.99. The van der Waals surface area contributed by atoms with Gasteiger partial charge in [-0.25, -0.2) is 4.98 Å². The van der Waals surface area contributed by atoms with Gasteiger partial charge < -0.3 is 10.6 Å². The lowest BCUT2D eigenvalue weighted by Gasteiger charge is -2.20. The van der Waals surface area contributed by atoms with E-state index in [1.54, 1.807) is 11.9 Å². The summed E-state index contributed by atoms with van der Waals surface area (Å²) in [6.45, 7) is 4.80. The molecule has 0 aromatic carbocycles. The third kappa shape index (κ3) is 3.53. The first kappa shape index (κ1) is 14.0. The summed E-state index contributed by atoms with van der Waals surface area (Å²) in [6, 6.07) is 0.115. The van der Waals surface area contributed by atoms with E-state index in [0.717, 1.165) is 25.1 Å². The summed E-state index contributed by atoms with van der Waals surface area (Å²) >= 11 is 0. The Balaban J connectivity index is 1.87.